The maximum absolute atomic E-state index is 10.9. The van der Waals surface area contributed by atoms with E-state index in [1.54, 1.807) is 48.5 Å². The number of aliphatic hydroxyl groups is 1. The number of hydrogen-bond donors (Lipinski definition) is 2. The number of carbonyl (C=O) groups excluding carboxylic acids is 1. The third-order valence-electron chi connectivity index (χ3n) is 2.82. The van der Waals surface area contributed by atoms with Gasteiger partial charge in [0.2, 0.25) is 5.91 Å². The van der Waals surface area contributed by atoms with E-state index in [9.17, 15) is 9.90 Å². The first-order valence-electron chi connectivity index (χ1n) is 6.48. The minimum absolute atomic E-state index is 0.125. The Bertz CT molecular complexity index is 613. The minimum atomic E-state index is -0.751. The lowest BCUT2D eigenvalue weighted by Gasteiger charge is -2.13. The Balaban J connectivity index is 1.92. The van der Waals surface area contributed by atoms with Crippen LogP contribution in [0, 0.1) is 0 Å². The quantitative estimate of drug-likeness (QED) is 0.890. The van der Waals surface area contributed by atoms with E-state index in [1.807, 2.05) is 0 Å². The van der Waals surface area contributed by atoms with E-state index in [2.05, 4.69) is 5.32 Å². The van der Waals surface area contributed by atoms with Crippen molar-refractivity contribution in [2.75, 3.05) is 11.9 Å². The molecule has 0 heterocycles. The van der Waals surface area contributed by atoms with E-state index in [-0.39, 0.29) is 12.5 Å². The van der Waals surface area contributed by atoms with Crippen molar-refractivity contribution < 1.29 is 14.6 Å². The molecule has 0 bridgehead atoms. The van der Waals surface area contributed by atoms with E-state index in [4.69, 9.17) is 16.3 Å². The molecule has 2 N–H and O–H groups in total. The van der Waals surface area contributed by atoms with Crippen LogP contribution in [0.25, 0.3) is 0 Å². The fourth-order valence-corrected chi connectivity index (χ4v) is 2.02. The highest BCUT2D eigenvalue weighted by molar-refractivity contribution is 6.30. The predicted octanol–water partition coefficient (Wildman–Crippen LogP) is 3.41. The Labute approximate surface area is 128 Å². The van der Waals surface area contributed by atoms with Crippen molar-refractivity contribution in [1.29, 1.82) is 0 Å². The number of hydrogen-bond acceptors (Lipinski definition) is 3. The summed E-state index contributed by atoms with van der Waals surface area (Å²) in [5.74, 6) is 0.491. The molecule has 0 saturated carbocycles. The summed E-state index contributed by atoms with van der Waals surface area (Å²) in [7, 11) is 0. The van der Waals surface area contributed by atoms with E-state index in [1.165, 1.54) is 6.92 Å². The van der Waals surface area contributed by atoms with E-state index in [0.717, 1.165) is 0 Å². The largest absolute Gasteiger partial charge is 0.491 e. The lowest BCUT2D eigenvalue weighted by Crippen LogP contribution is -2.10. The number of rotatable bonds is 5. The van der Waals surface area contributed by atoms with Crippen molar-refractivity contribution in [2.24, 2.45) is 0 Å². The maximum atomic E-state index is 10.9. The summed E-state index contributed by atoms with van der Waals surface area (Å²) in [5, 5.41) is 13.3. The van der Waals surface area contributed by atoms with Crippen LogP contribution in [0.4, 0.5) is 5.69 Å². The molecule has 5 heteroatoms. The molecule has 0 aliphatic rings. The Kier molecular flexibility index (Phi) is 5.20. The standard InChI is InChI=1S/C16H16ClNO3/c1-11(19)18-14-5-7-15(8-6-14)21-10-16(20)12-3-2-4-13(17)9-12/h2-9,16,20H,10H2,1H3,(H,18,19). The van der Waals surface area contributed by atoms with Gasteiger partial charge in [-0.05, 0) is 42.0 Å². The average molecular weight is 306 g/mol. The van der Waals surface area contributed by atoms with Crippen LogP contribution in [-0.4, -0.2) is 17.6 Å². The zero-order valence-corrected chi connectivity index (χ0v) is 12.3. The molecule has 0 aliphatic carbocycles. The van der Waals surface area contributed by atoms with Gasteiger partial charge in [0.15, 0.2) is 0 Å². The number of carbonyl (C=O) groups is 1. The first-order valence-corrected chi connectivity index (χ1v) is 6.86. The highest BCUT2D eigenvalue weighted by Crippen LogP contribution is 2.20. The fraction of sp³-hybridized carbons (Fsp3) is 0.188. The molecule has 2 aromatic carbocycles. The first kappa shape index (κ1) is 15.4. The Morgan fingerprint density at radius 3 is 2.62 bits per heavy atom. The van der Waals surface area contributed by atoms with Crippen LogP contribution in [0.15, 0.2) is 48.5 Å². The SMILES string of the molecule is CC(=O)Nc1ccc(OCC(O)c2cccc(Cl)c2)cc1. The van der Waals surface area contributed by atoms with Gasteiger partial charge >= 0.3 is 0 Å². The highest BCUT2D eigenvalue weighted by atomic mass is 35.5. The third-order valence-corrected chi connectivity index (χ3v) is 3.05. The molecule has 0 saturated heterocycles. The monoisotopic (exact) mass is 305 g/mol. The van der Waals surface area contributed by atoms with Crippen LogP contribution < -0.4 is 10.1 Å². The van der Waals surface area contributed by atoms with Crippen molar-refractivity contribution in [3.63, 3.8) is 0 Å². The molecule has 0 aromatic heterocycles. The van der Waals surface area contributed by atoms with Gasteiger partial charge in [0.25, 0.3) is 0 Å². The Morgan fingerprint density at radius 2 is 2.00 bits per heavy atom. The summed E-state index contributed by atoms with van der Waals surface area (Å²) in [5.41, 5.74) is 1.41. The van der Waals surface area contributed by atoms with Crippen molar-refractivity contribution in [1.82, 2.24) is 0 Å². The second kappa shape index (κ2) is 7.11. The maximum Gasteiger partial charge on any atom is 0.221 e. The van der Waals surface area contributed by atoms with Gasteiger partial charge in [0.05, 0.1) is 0 Å². The van der Waals surface area contributed by atoms with Gasteiger partial charge in [0.1, 0.15) is 18.5 Å². The predicted molar refractivity (Wildman–Crippen MR) is 82.7 cm³/mol. The lowest BCUT2D eigenvalue weighted by atomic mass is 10.1. The topological polar surface area (TPSA) is 58.6 Å². The molecule has 0 aliphatic heterocycles. The number of benzene rings is 2. The number of nitrogens with one attached hydrogen (secondary N) is 1. The fourth-order valence-electron chi connectivity index (χ4n) is 1.82. The van der Waals surface area contributed by atoms with Crippen LogP contribution in [0.5, 0.6) is 5.75 Å². The highest BCUT2D eigenvalue weighted by Gasteiger charge is 2.09. The Hall–Kier alpha value is -2.04. The molecular formula is C16H16ClNO3. The summed E-state index contributed by atoms with van der Waals surface area (Å²) in [6.45, 7) is 1.57. The summed E-state index contributed by atoms with van der Waals surface area (Å²) in [6.07, 6.45) is -0.751. The van der Waals surface area contributed by atoms with E-state index in [0.29, 0.717) is 22.0 Å². The molecule has 2 aromatic rings. The molecule has 0 radical (unpaired) electrons. The zero-order chi connectivity index (χ0) is 15.2. The smallest absolute Gasteiger partial charge is 0.221 e. The van der Waals surface area contributed by atoms with Gasteiger partial charge in [-0.15, -0.1) is 0 Å². The number of anilines is 1. The number of halogens is 1. The molecular weight excluding hydrogens is 290 g/mol. The van der Waals surface area contributed by atoms with Gasteiger partial charge in [0, 0.05) is 17.6 Å². The summed E-state index contributed by atoms with van der Waals surface area (Å²) in [6, 6.07) is 14.0. The normalized spacial score (nSPS) is 11.8. The van der Waals surface area contributed by atoms with Crippen molar-refractivity contribution >= 4 is 23.2 Å². The molecule has 4 nitrogen and oxygen atoms in total. The van der Waals surface area contributed by atoms with Gasteiger partial charge in [-0.2, -0.15) is 0 Å². The van der Waals surface area contributed by atoms with Crippen molar-refractivity contribution in [3.8, 4) is 5.75 Å². The van der Waals surface area contributed by atoms with Gasteiger partial charge in [-0.25, -0.2) is 0 Å². The van der Waals surface area contributed by atoms with Crippen molar-refractivity contribution in [2.45, 2.75) is 13.0 Å². The minimum Gasteiger partial charge on any atom is -0.491 e. The van der Waals surface area contributed by atoms with E-state index < -0.39 is 6.10 Å². The van der Waals surface area contributed by atoms with Crippen LogP contribution in [-0.2, 0) is 4.79 Å². The second-order valence-corrected chi connectivity index (χ2v) is 5.02. The van der Waals surface area contributed by atoms with Crippen LogP contribution >= 0.6 is 11.6 Å². The molecule has 0 spiro atoms. The number of aliphatic hydroxyl groups excluding tert-OH is 1. The van der Waals surface area contributed by atoms with Gasteiger partial charge in [-0.1, -0.05) is 23.7 Å². The molecule has 1 unspecified atom stereocenters. The zero-order valence-electron chi connectivity index (χ0n) is 11.5. The van der Waals surface area contributed by atoms with Crippen LogP contribution in [0.2, 0.25) is 5.02 Å². The lowest BCUT2D eigenvalue weighted by molar-refractivity contribution is -0.114. The Morgan fingerprint density at radius 1 is 1.29 bits per heavy atom. The summed E-state index contributed by atoms with van der Waals surface area (Å²) in [4.78, 5) is 10.9. The second-order valence-electron chi connectivity index (χ2n) is 4.59. The van der Waals surface area contributed by atoms with Gasteiger partial charge < -0.3 is 15.2 Å². The van der Waals surface area contributed by atoms with Crippen LogP contribution in [0.1, 0.15) is 18.6 Å². The molecule has 110 valence electrons. The molecule has 21 heavy (non-hydrogen) atoms. The molecule has 2 rings (SSSR count). The van der Waals surface area contributed by atoms with Crippen molar-refractivity contribution in [3.05, 3.63) is 59.1 Å². The third kappa shape index (κ3) is 4.77. The molecule has 1 atom stereocenters. The van der Waals surface area contributed by atoms with Crippen LogP contribution in [0.3, 0.4) is 0 Å². The summed E-state index contributed by atoms with van der Waals surface area (Å²) < 4.78 is 5.52. The average Bonchev–Trinajstić information content (AvgIpc) is 2.45. The number of ether oxygens (including phenoxy) is 1. The van der Waals surface area contributed by atoms with E-state index >= 15 is 0 Å². The molecule has 0 fully saturated rings. The first-order chi connectivity index (χ1) is 10.0. The van der Waals surface area contributed by atoms with Gasteiger partial charge in [-0.3, -0.25) is 4.79 Å². The summed E-state index contributed by atoms with van der Waals surface area (Å²) >= 11 is 5.88. The molecule has 1 amide bonds. The number of amides is 1.